The van der Waals surface area contributed by atoms with E-state index < -0.39 is 5.97 Å². The van der Waals surface area contributed by atoms with Gasteiger partial charge in [0.25, 0.3) is 0 Å². The molecule has 3 rings (SSSR count). The van der Waals surface area contributed by atoms with Crippen LogP contribution in [0.1, 0.15) is 48.8 Å². The second-order valence-electron chi connectivity index (χ2n) is 6.04. The molecule has 1 fully saturated rings. The van der Waals surface area contributed by atoms with E-state index in [2.05, 4.69) is 23.7 Å². The van der Waals surface area contributed by atoms with Gasteiger partial charge in [0.1, 0.15) is 5.82 Å². The number of rotatable bonds is 3. The summed E-state index contributed by atoms with van der Waals surface area (Å²) in [5, 5.41) is 9.14. The van der Waals surface area contributed by atoms with Crippen LogP contribution in [0.15, 0.2) is 24.5 Å². The maximum absolute atomic E-state index is 11.1. The molecule has 0 atom stereocenters. The second kappa shape index (κ2) is 5.48. The van der Waals surface area contributed by atoms with Gasteiger partial charge in [-0.1, -0.05) is 0 Å². The molecule has 5 heteroatoms. The molecule has 3 heterocycles. The fraction of sp³-hybridized carbons (Fsp3) is 0.500. The molecule has 21 heavy (non-hydrogen) atoms. The third kappa shape index (κ3) is 2.65. The summed E-state index contributed by atoms with van der Waals surface area (Å²) in [7, 11) is 0. The van der Waals surface area contributed by atoms with Crippen LogP contribution >= 0.6 is 0 Å². The monoisotopic (exact) mass is 287 g/mol. The average Bonchev–Trinajstić information content (AvgIpc) is 2.90. The van der Waals surface area contributed by atoms with Gasteiger partial charge >= 0.3 is 5.97 Å². The molecule has 1 N–H and O–H groups in total. The van der Waals surface area contributed by atoms with E-state index >= 15 is 0 Å². The Morgan fingerprint density at radius 1 is 1.33 bits per heavy atom. The van der Waals surface area contributed by atoms with E-state index in [0.29, 0.717) is 17.5 Å². The maximum atomic E-state index is 11.1. The van der Waals surface area contributed by atoms with Crippen molar-refractivity contribution in [1.82, 2.24) is 14.3 Å². The number of aromatic nitrogens is 2. The van der Waals surface area contributed by atoms with Crippen molar-refractivity contribution >= 4 is 11.5 Å². The molecule has 0 unspecified atom stereocenters. The summed E-state index contributed by atoms with van der Waals surface area (Å²) in [6.07, 6.45) is 5.67. The van der Waals surface area contributed by atoms with Gasteiger partial charge < -0.3 is 14.4 Å². The molecular weight excluding hydrogens is 266 g/mol. The average molecular weight is 287 g/mol. The van der Waals surface area contributed by atoms with Crippen LogP contribution in [0.25, 0.3) is 5.52 Å². The minimum absolute atomic E-state index is 0.307. The number of likely N-dealkylation sites (tertiary alicyclic amines) is 1. The highest BCUT2D eigenvalue weighted by atomic mass is 16.4. The first kappa shape index (κ1) is 14.1. The molecule has 0 radical (unpaired) electrons. The fourth-order valence-electron chi connectivity index (χ4n) is 3.11. The van der Waals surface area contributed by atoms with Crippen molar-refractivity contribution in [2.75, 3.05) is 13.1 Å². The molecule has 112 valence electrons. The van der Waals surface area contributed by atoms with Crippen LogP contribution < -0.4 is 0 Å². The second-order valence-corrected chi connectivity index (χ2v) is 6.04. The highest BCUT2D eigenvalue weighted by Gasteiger charge is 2.25. The van der Waals surface area contributed by atoms with Crippen molar-refractivity contribution in [2.24, 2.45) is 0 Å². The highest BCUT2D eigenvalue weighted by Crippen LogP contribution is 2.28. The van der Waals surface area contributed by atoms with E-state index in [9.17, 15) is 4.79 Å². The van der Waals surface area contributed by atoms with Gasteiger partial charge in [-0.15, -0.1) is 0 Å². The van der Waals surface area contributed by atoms with Gasteiger partial charge in [-0.25, -0.2) is 9.78 Å². The Morgan fingerprint density at radius 2 is 2.05 bits per heavy atom. The third-order valence-electron chi connectivity index (χ3n) is 4.43. The van der Waals surface area contributed by atoms with E-state index in [4.69, 9.17) is 5.11 Å². The number of aromatic carboxylic acids is 1. The Hall–Kier alpha value is -1.88. The number of carboxylic acids is 1. The molecule has 0 saturated carbocycles. The smallest absolute Gasteiger partial charge is 0.337 e. The number of piperidine rings is 1. The molecule has 0 bridgehead atoms. The standard InChI is InChI=1S/C16H21N3O2/c1-11(2)18-7-5-12(6-8-18)15-17-9-14-4-3-13(16(20)21)10-19(14)15/h3-4,9-12H,5-8H2,1-2H3,(H,20,21). The quantitative estimate of drug-likeness (QED) is 0.942. The first-order valence-corrected chi connectivity index (χ1v) is 7.50. The zero-order valence-corrected chi connectivity index (χ0v) is 12.5. The van der Waals surface area contributed by atoms with Gasteiger partial charge in [0, 0.05) is 18.2 Å². The molecular formula is C16H21N3O2. The van der Waals surface area contributed by atoms with Crippen molar-refractivity contribution in [3.05, 3.63) is 35.9 Å². The van der Waals surface area contributed by atoms with Crippen LogP contribution in [0.2, 0.25) is 0 Å². The Balaban J connectivity index is 1.87. The Bertz CT molecular complexity index is 655. The summed E-state index contributed by atoms with van der Waals surface area (Å²) >= 11 is 0. The van der Waals surface area contributed by atoms with Gasteiger partial charge in [0.2, 0.25) is 0 Å². The van der Waals surface area contributed by atoms with E-state index in [-0.39, 0.29) is 0 Å². The maximum Gasteiger partial charge on any atom is 0.337 e. The summed E-state index contributed by atoms with van der Waals surface area (Å²) in [6.45, 7) is 6.61. The number of carbonyl (C=O) groups is 1. The first-order chi connectivity index (χ1) is 10.1. The lowest BCUT2D eigenvalue weighted by molar-refractivity contribution is 0.0696. The number of fused-ring (bicyclic) bond motifs is 1. The molecule has 2 aromatic rings. The van der Waals surface area contributed by atoms with Crippen LogP contribution in [-0.2, 0) is 0 Å². The van der Waals surface area contributed by atoms with Crippen molar-refractivity contribution in [1.29, 1.82) is 0 Å². The van der Waals surface area contributed by atoms with Crippen molar-refractivity contribution in [2.45, 2.75) is 38.6 Å². The number of carboxylic acid groups (broad SMARTS) is 1. The summed E-state index contributed by atoms with van der Waals surface area (Å²) in [4.78, 5) is 18.2. The van der Waals surface area contributed by atoms with Gasteiger partial charge in [0.15, 0.2) is 0 Å². The largest absolute Gasteiger partial charge is 0.478 e. The highest BCUT2D eigenvalue weighted by molar-refractivity contribution is 5.87. The molecule has 1 aliphatic heterocycles. The zero-order valence-electron chi connectivity index (χ0n) is 12.5. The number of pyridine rings is 1. The van der Waals surface area contributed by atoms with Gasteiger partial charge in [-0.3, -0.25) is 0 Å². The Labute approximate surface area is 124 Å². The van der Waals surface area contributed by atoms with Gasteiger partial charge in [-0.05, 0) is 51.9 Å². The number of hydrogen-bond acceptors (Lipinski definition) is 3. The topological polar surface area (TPSA) is 57.8 Å². The minimum Gasteiger partial charge on any atom is -0.478 e. The summed E-state index contributed by atoms with van der Waals surface area (Å²) in [5.74, 6) is 0.509. The summed E-state index contributed by atoms with van der Waals surface area (Å²) < 4.78 is 1.94. The van der Waals surface area contributed by atoms with E-state index in [1.165, 1.54) is 0 Å². The van der Waals surface area contributed by atoms with Crippen LogP contribution in [0.3, 0.4) is 0 Å². The van der Waals surface area contributed by atoms with Crippen molar-refractivity contribution in [3.63, 3.8) is 0 Å². The Kier molecular flexibility index (Phi) is 3.68. The summed E-state index contributed by atoms with van der Waals surface area (Å²) in [6, 6.07) is 4.04. The zero-order chi connectivity index (χ0) is 15.0. The summed E-state index contributed by atoms with van der Waals surface area (Å²) in [5.41, 5.74) is 1.27. The molecule has 0 amide bonds. The predicted octanol–water partition coefficient (Wildman–Crippen LogP) is 2.62. The van der Waals surface area contributed by atoms with Crippen molar-refractivity contribution < 1.29 is 9.90 Å². The Morgan fingerprint density at radius 3 is 2.67 bits per heavy atom. The van der Waals surface area contributed by atoms with E-state index in [1.54, 1.807) is 12.3 Å². The third-order valence-corrected chi connectivity index (χ3v) is 4.43. The molecule has 1 aliphatic rings. The number of nitrogens with zero attached hydrogens (tertiary/aromatic N) is 3. The number of imidazole rings is 1. The lowest BCUT2D eigenvalue weighted by atomic mass is 9.95. The fourth-order valence-corrected chi connectivity index (χ4v) is 3.11. The van der Waals surface area contributed by atoms with E-state index in [1.807, 2.05) is 16.7 Å². The SMILES string of the molecule is CC(C)N1CCC(c2ncc3ccc(C(=O)O)cn23)CC1. The molecule has 0 spiro atoms. The predicted molar refractivity (Wildman–Crippen MR) is 80.8 cm³/mol. The van der Waals surface area contributed by atoms with Crippen molar-refractivity contribution in [3.8, 4) is 0 Å². The van der Waals surface area contributed by atoms with Gasteiger partial charge in [-0.2, -0.15) is 0 Å². The minimum atomic E-state index is -0.897. The molecule has 0 aliphatic carbocycles. The molecule has 2 aromatic heterocycles. The van der Waals surface area contributed by atoms with Gasteiger partial charge in [0.05, 0.1) is 17.3 Å². The first-order valence-electron chi connectivity index (χ1n) is 7.50. The van der Waals surface area contributed by atoms with Crippen LogP contribution in [0.4, 0.5) is 0 Å². The molecule has 1 saturated heterocycles. The molecule has 0 aromatic carbocycles. The van der Waals surface area contributed by atoms with Crippen LogP contribution in [0, 0.1) is 0 Å². The van der Waals surface area contributed by atoms with E-state index in [0.717, 1.165) is 37.3 Å². The van der Waals surface area contributed by atoms with Crippen LogP contribution in [-0.4, -0.2) is 44.5 Å². The lowest BCUT2D eigenvalue weighted by Crippen LogP contribution is -2.38. The molecule has 5 nitrogen and oxygen atoms in total. The number of hydrogen-bond donors (Lipinski definition) is 1. The van der Waals surface area contributed by atoms with Crippen LogP contribution in [0.5, 0.6) is 0 Å². The lowest BCUT2D eigenvalue weighted by Gasteiger charge is -2.34. The normalized spacial score (nSPS) is 17.7.